The second-order valence-electron chi connectivity index (χ2n) is 4.61. The van der Waals surface area contributed by atoms with Crippen molar-refractivity contribution >= 4 is 17.8 Å². The SMILES string of the molecule is CCN1C(=O)CC(N2CC(CC(=O)O)C2)C1=O. The maximum atomic E-state index is 11.9. The van der Waals surface area contributed by atoms with Crippen molar-refractivity contribution in [3.8, 4) is 0 Å². The summed E-state index contributed by atoms with van der Waals surface area (Å²) in [6.07, 6.45) is 0.384. The Kier molecular flexibility index (Phi) is 3.15. The quantitative estimate of drug-likeness (QED) is 0.673. The van der Waals surface area contributed by atoms with Gasteiger partial charge in [-0.1, -0.05) is 0 Å². The van der Waals surface area contributed by atoms with Crippen molar-refractivity contribution in [3.63, 3.8) is 0 Å². The minimum Gasteiger partial charge on any atom is -0.481 e. The van der Waals surface area contributed by atoms with Crippen LogP contribution >= 0.6 is 0 Å². The highest BCUT2D eigenvalue weighted by atomic mass is 16.4. The molecule has 2 heterocycles. The third kappa shape index (κ3) is 2.17. The fourth-order valence-electron chi connectivity index (χ4n) is 2.52. The van der Waals surface area contributed by atoms with Gasteiger partial charge < -0.3 is 5.11 Å². The number of hydrogen-bond acceptors (Lipinski definition) is 4. The maximum absolute atomic E-state index is 11.9. The summed E-state index contributed by atoms with van der Waals surface area (Å²) in [5.41, 5.74) is 0. The standard InChI is InChI=1S/C11H16N2O4/c1-2-13-9(14)4-8(11(13)17)12-5-7(6-12)3-10(15)16/h7-8H,2-6H2,1H3,(H,15,16). The van der Waals surface area contributed by atoms with Gasteiger partial charge in [0.2, 0.25) is 11.8 Å². The van der Waals surface area contributed by atoms with Gasteiger partial charge in [0.15, 0.2) is 0 Å². The summed E-state index contributed by atoms with van der Waals surface area (Å²) in [5.74, 6) is -0.944. The normalized spacial score (nSPS) is 26.4. The Labute approximate surface area is 99.2 Å². The van der Waals surface area contributed by atoms with Crippen LogP contribution in [-0.4, -0.2) is 58.4 Å². The van der Waals surface area contributed by atoms with Crippen molar-refractivity contribution in [2.45, 2.75) is 25.8 Å². The van der Waals surface area contributed by atoms with Crippen LogP contribution < -0.4 is 0 Å². The lowest BCUT2D eigenvalue weighted by Crippen LogP contribution is -2.55. The predicted octanol–water partition coefficient (Wildman–Crippen LogP) is -0.460. The Balaban J connectivity index is 1.88. The molecule has 0 radical (unpaired) electrons. The van der Waals surface area contributed by atoms with E-state index in [1.165, 1.54) is 4.90 Å². The van der Waals surface area contributed by atoms with Crippen LogP contribution in [0.5, 0.6) is 0 Å². The van der Waals surface area contributed by atoms with Gasteiger partial charge in [0.25, 0.3) is 0 Å². The minimum absolute atomic E-state index is 0.117. The molecule has 2 rings (SSSR count). The fraction of sp³-hybridized carbons (Fsp3) is 0.727. The lowest BCUT2D eigenvalue weighted by atomic mass is 9.94. The second-order valence-corrected chi connectivity index (χ2v) is 4.61. The van der Waals surface area contributed by atoms with Crippen LogP contribution in [-0.2, 0) is 14.4 Å². The van der Waals surface area contributed by atoms with Gasteiger partial charge in [-0.25, -0.2) is 0 Å². The molecule has 0 aromatic carbocycles. The summed E-state index contributed by atoms with van der Waals surface area (Å²) < 4.78 is 0. The topological polar surface area (TPSA) is 77.9 Å². The number of rotatable bonds is 4. The number of hydrogen-bond donors (Lipinski definition) is 1. The zero-order valence-corrected chi connectivity index (χ0v) is 9.76. The van der Waals surface area contributed by atoms with Gasteiger partial charge in [0.05, 0.1) is 18.9 Å². The third-order valence-corrected chi connectivity index (χ3v) is 3.43. The van der Waals surface area contributed by atoms with E-state index < -0.39 is 5.97 Å². The van der Waals surface area contributed by atoms with Crippen molar-refractivity contribution in [1.29, 1.82) is 0 Å². The molecule has 1 N–H and O–H groups in total. The van der Waals surface area contributed by atoms with E-state index >= 15 is 0 Å². The van der Waals surface area contributed by atoms with Crippen molar-refractivity contribution in [2.24, 2.45) is 5.92 Å². The van der Waals surface area contributed by atoms with Crippen LogP contribution in [0.15, 0.2) is 0 Å². The summed E-state index contributed by atoms with van der Waals surface area (Å²) in [5, 5.41) is 8.63. The Morgan fingerprint density at radius 2 is 2.06 bits per heavy atom. The summed E-state index contributed by atoms with van der Waals surface area (Å²) in [7, 11) is 0. The average Bonchev–Trinajstić information content (AvgIpc) is 2.47. The Morgan fingerprint density at radius 1 is 1.41 bits per heavy atom. The van der Waals surface area contributed by atoms with E-state index in [1.54, 1.807) is 6.92 Å². The highest BCUT2D eigenvalue weighted by Gasteiger charge is 2.45. The molecule has 1 atom stereocenters. The molecule has 0 aromatic heterocycles. The maximum Gasteiger partial charge on any atom is 0.303 e. The van der Waals surface area contributed by atoms with Gasteiger partial charge in [0, 0.05) is 19.6 Å². The summed E-state index contributed by atoms with van der Waals surface area (Å²) in [4.78, 5) is 37.0. The number of carbonyl (C=O) groups is 3. The van der Waals surface area contributed by atoms with Crippen molar-refractivity contribution in [3.05, 3.63) is 0 Å². The third-order valence-electron chi connectivity index (χ3n) is 3.43. The molecular formula is C11H16N2O4. The molecule has 6 heteroatoms. The minimum atomic E-state index is -0.807. The van der Waals surface area contributed by atoms with Gasteiger partial charge in [0.1, 0.15) is 0 Å². The number of imide groups is 1. The van der Waals surface area contributed by atoms with Crippen LogP contribution in [0.2, 0.25) is 0 Å². The smallest absolute Gasteiger partial charge is 0.303 e. The number of likely N-dealkylation sites (tertiary alicyclic amines) is 2. The van der Waals surface area contributed by atoms with Gasteiger partial charge in [-0.2, -0.15) is 0 Å². The number of aliphatic carboxylic acids is 1. The first-order chi connectivity index (χ1) is 8.02. The molecular weight excluding hydrogens is 224 g/mol. The van der Waals surface area contributed by atoms with Gasteiger partial charge in [-0.05, 0) is 12.8 Å². The summed E-state index contributed by atoms with van der Waals surface area (Å²) in [6, 6.07) is -0.354. The van der Waals surface area contributed by atoms with Crippen molar-refractivity contribution in [2.75, 3.05) is 19.6 Å². The Bertz CT molecular complexity index is 362. The first-order valence-corrected chi connectivity index (χ1v) is 5.83. The fourth-order valence-corrected chi connectivity index (χ4v) is 2.52. The van der Waals surface area contributed by atoms with E-state index in [4.69, 9.17) is 5.11 Å². The number of carboxylic acids is 1. The van der Waals surface area contributed by atoms with E-state index in [0.29, 0.717) is 19.6 Å². The van der Waals surface area contributed by atoms with Crippen molar-refractivity contribution < 1.29 is 19.5 Å². The van der Waals surface area contributed by atoms with E-state index in [9.17, 15) is 14.4 Å². The average molecular weight is 240 g/mol. The molecule has 2 aliphatic rings. The van der Waals surface area contributed by atoms with E-state index in [2.05, 4.69) is 0 Å². The first kappa shape index (κ1) is 12.0. The molecule has 6 nitrogen and oxygen atoms in total. The Hall–Kier alpha value is -1.43. The van der Waals surface area contributed by atoms with Gasteiger partial charge in [-0.3, -0.25) is 24.2 Å². The van der Waals surface area contributed by atoms with Crippen LogP contribution in [0.25, 0.3) is 0 Å². The predicted molar refractivity (Wildman–Crippen MR) is 58.1 cm³/mol. The molecule has 0 bridgehead atoms. The van der Waals surface area contributed by atoms with Crippen LogP contribution in [0.3, 0.4) is 0 Å². The molecule has 17 heavy (non-hydrogen) atoms. The zero-order chi connectivity index (χ0) is 12.6. The lowest BCUT2D eigenvalue weighted by Gasteiger charge is -2.41. The monoisotopic (exact) mass is 240 g/mol. The molecule has 2 fully saturated rings. The molecule has 0 aromatic rings. The highest BCUT2D eigenvalue weighted by molar-refractivity contribution is 6.05. The van der Waals surface area contributed by atoms with Crippen LogP contribution in [0, 0.1) is 5.92 Å². The van der Waals surface area contributed by atoms with Crippen LogP contribution in [0.1, 0.15) is 19.8 Å². The van der Waals surface area contributed by atoms with E-state index in [-0.39, 0.29) is 36.6 Å². The largest absolute Gasteiger partial charge is 0.481 e. The van der Waals surface area contributed by atoms with E-state index in [1.807, 2.05) is 4.90 Å². The lowest BCUT2D eigenvalue weighted by molar-refractivity contribution is -0.141. The second kappa shape index (κ2) is 4.44. The molecule has 2 amide bonds. The van der Waals surface area contributed by atoms with Gasteiger partial charge in [-0.15, -0.1) is 0 Å². The molecule has 0 saturated carbocycles. The number of carboxylic acid groups (broad SMARTS) is 1. The summed E-state index contributed by atoms with van der Waals surface area (Å²) >= 11 is 0. The highest BCUT2D eigenvalue weighted by Crippen LogP contribution is 2.27. The summed E-state index contributed by atoms with van der Waals surface area (Å²) in [6.45, 7) is 3.41. The Morgan fingerprint density at radius 3 is 2.53 bits per heavy atom. The molecule has 1 unspecified atom stereocenters. The molecule has 2 aliphatic heterocycles. The molecule has 94 valence electrons. The number of likely N-dealkylation sites (N-methyl/N-ethyl adjacent to an activating group) is 1. The van der Waals surface area contributed by atoms with Gasteiger partial charge >= 0.3 is 5.97 Å². The van der Waals surface area contributed by atoms with E-state index in [0.717, 1.165) is 0 Å². The van der Waals surface area contributed by atoms with Crippen molar-refractivity contribution in [1.82, 2.24) is 9.80 Å². The zero-order valence-electron chi connectivity index (χ0n) is 9.76. The molecule has 0 aliphatic carbocycles. The molecule has 0 spiro atoms. The number of carbonyl (C=O) groups excluding carboxylic acids is 2. The number of nitrogens with zero attached hydrogens (tertiary/aromatic N) is 2. The van der Waals surface area contributed by atoms with Crippen LogP contribution in [0.4, 0.5) is 0 Å². The molecule has 2 saturated heterocycles. The first-order valence-electron chi connectivity index (χ1n) is 5.83. The number of amides is 2.